The molecule has 0 aromatic carbocycles. The van der Waals surface area contributed by atoms with Gasteiger partial charge in [0.1, 0.15) is 0 Å². The number of carbonyl (C=O) groups is 1. The first-order valence-electron chi connectivity index (χ1n) is 6.66. The Kier molecular flexibility index (Phi) is 5.26. The van der Waals surface area contributed by atoms with Crippen LogP contribution in [0, 0.1) is 5.92 Å². The van der Waals surface area contributed by atoms with Crippen LogP contribution in [0.4, 0.5) is 0 Å². The molecule has 0 aromatic rings. The normalized spacial score (nSPS) is 22.7. The van der Waals surface area contributed by atoms with Gasteiger partial charge in [-0.3, -0.25) is 4.79 Å². The molecule has 0 atom stereocenters. The number of nitrogens with zero attached hydrogens (tertiary/aromatic N) is 1. The minimum Gasteiger partial charge on any atom is -0.344 e. The monoisotopic (exact) mass is 260 g/mol. The van der Waals surface area contributed by atoms with E-state index in [2.05, 4.69) is 0 Å². The Bertz CT molecular complexity index is 260. The molecule has 2 N–H and O–H groups in total. The van der Waals surface area contributed by atoms with Crippen molar-refractivity contribution in [2.75, 3.05) is 13.6 Å². The lowest BCUT2D eigenvalue weighted by Gasteiger charge is -2.35. The number of hydrogen-bond acceptors (Lipinski definition) is 2. The Morgan fingerprint density at radius 1 is 1.29 bits per heavy atom. The van der Waals surface area contributed by atoms with E-state index in [0.717, 1.165) is 38.1 Å². The van der Waals surface area contributed by atoms with Gasteiger partial charge in [-0.2, -0.15) is 0 Å². The van der Waals surface area contributed by atoms with E-state index in [1.807, 2.05) is 11.9 Å². The molecule has 100 valence electrons. The summed E-state index contributed by atoms with van der Waals surface area (Å²) in [5.41, 5.74) is 5.69. The molecule has 2 rings (SSSR count). The first-order chi connectivity index (χ1) is 7.62. The minimum absolute atomic E-state index is 0. The van der Waals surface area contributed by atoms with Crippen LogP contribution >= 0.6 is 12.4 Å². The zero-order chi connectivity index (χ0) is 11.6. The SMILES string of the molecule is CN(CCC1CC1)C(=O)C1(N)CCCCC1.Cl. The summed E-state index contributed by atoms with van der Waals surface area (Å²) in [5, 5.41) is 0. The highest BCUT2D eigenvalue weighted by molar-refractivity contribution is 5.86. The predicted molar refractivity (Wildman–Crippen MR) is 72.2 cm³/mol. The summed E-state index contributed by atoms with van der Waals surface area (Å²) < 4.78 is 0. The van der Waals surface area contributed by atoms with E-state index >= 15 is 0 Å². The van der Waals surface area contributed by atoms with Crippen molar-refractivity contribution in [3.8, 4) is 0 Å². The van der Waals surface area contributed by atoms with Crippen molar-refractivity contribution in [2.45, 2.75) is 56.9 Å². The average Bonchev–Trinajstić information content (AvgIpc) is 3.09. The molecule has 0 radical (unpaired) electrons. The highest BCUT2D eigenvalue weighted by Gasteiger charge is 2.37. The van der Waals surface area contributed by atoms with Crippen LogP contribution in [0.1, 0.15) is 51.4 Å². The zero-order valence-electron chi connectivity index (χ0n) is 10.8. The van der Waals surface area contributed by atoms with Crippen LogP contribution < -0.4 is 5.73 Å². The summed E-state index contributed by atoms with van der Waals surface area (Å²) in [4.78, 5) is 14.1. The van der Waals surface area contributed by atoms with Crippen LogP contribution in [0.3, 0.4) is 0 Å². The molecule has 3 nitrogen and oxygen atoms in total. The lowest BCUT2D eigenvalue weighted by atomic mass is 9.81. The van der Waals surface area contributed by atoms with Gasteiger partial charge in [0.15, 0.2) is 0 Å². The number of carbonyl (C=O) groups excluding carboxylic acids is 1. The molecular weight excluding hydrogens is 236 g/mol. The van der Waals surface area contributed by atoms with Crippen LogP contribution in [0.15, 0.2) is 0 Å². The fourth-order valence-corrected chi connectivity index (χ4v) is 2.66. The molecule has 0 heterocycles. The van der Waals surface area contributed by atoms with Crippen molar-refractivity contribution in [1.29, 1.82) is 0 Å². The molecule has 0 unspecified atom stereocenters. The van der Waals surface area contributed by atoms with Crippen LogP contribution in [0.25, 0.3) is 0 Å². The lowest BCUT2D eigenvalue weighted by Crippen LogP contribution is -2.55. The summed E-state index contributed by atoms with van der Waals surface area (Å²) >= 11 is 0. The standard InChI is InChI=1S/C13H24N2O.ClH/c1-15(10-7-11-5-6-11)12(16)13(14)8-3-2-4-9-13;/h11H,2-10,14H2,1H3;1H. The van der Waals surface area contributed by atoms with Crippen molar-refractivity contribution < 1.29 is 4.79 Å². The number of rotatable bonds is 4. The van der Waals surface area contributed by atoms with E-state index in [9.17, 15) is 4.79 Å². The third kappa shape index (κ3) is 3.85. The maximum Gasteiger partial charge on any atom is 0.242 e. The Balaban J connectivity index is 0.00000144. The van der Waals surface area contributed by atoms with Crippen molar-refractivity contribution >= 4 is 18.3 Å². The smallest absolute Gasteiger partial charge is 0.242 e. The summed E-state index contributed by atoms with van der Waals surface area (Å²) in [6.07, 6.45) is 9.08. The summed E-state index contributed by atoms with van der Waals surface area (Å²) in [6.45, 7) is 0.891. The highest BCUT2D eigenvalue weighted by Crippen LogP contribution is 2.33. The maximum atomic E-state index is 12.3. The zero-order valence-corrected chi connectivity index (χ0v) is 11.6. The average molecular weight is 261 g/mol. The van der Waals surface area contributed by atoms with Gasteiger partial charge in [0.05, 0.1) is 5.54 Å². The number of amides is 1. The van der Waals surface area contributed by atoms with Gasteiger partial charge < -0.3 is 10.6 Å². The van der Waals surface area contributed by atoms with Gasteiger partial charge in [0.2, 0.25) is 5.91 Å². The van der Waals surface area contributed by atoms with Gasteiger partial charge in [0, 0.05) is 13.6 Å². The third-order valence-corrected chi connectivity index (χ3v) is 4.09. The molecule has 0 aromatic heterocycles. The predicted octanol–water partition coefficient (Wildman–Crippen LogP) is 2.33. The number of hydrogen-bond donors (Lipinski definition) is 1. The van der Waals surface area contributed by atoms with Crippen LogP contribution in [0.2, 0.25) is 0 Å². The van der Waals surface area contributed by atoms with E-state index in [4.69, 9.17) is 5.73 Å². The largest absolute Gasteiger partial charge is 0.344 e. The van der Waals surface area contributed by atoms with E-state index in [-0.39, 0.29) is 18.3 Å². The summed E-state index contributed by atoms with van der Waals surface area (Å²) in [7, 11) is 1.91. The van der Waals surface area contributed by atoms with E-state index in [1.54, 1.807) is 0 Å². The molecule has 2 aliphatic rings. The molecule has 0 spiro atoms. The summed E-state index contributed by atoms with van der Waals surface area (Å²) in [5.74, 6) is 1.06. The van der Waals surface area contributed by atoms with Gasteiger partial charge in [-0.15, -0.1) is 12.4 Å². The fraction of sp³-hybridized carbons (Fsp3) is 0.923. The molecule has 4 heteroatoms. The molecule has 17 heavy (non-hydrogen) atoms. The van der Waals surface area contributed by atoms with Gasteiger partial charge in [0.25, 0.3) is 0 Å². The molecule has 0 saturated heterocycles. The Labute approximate surface area is 111 Å². The highest BCUT2D eigenvalue weighted by atomic mass is 35.5. The Morgan fingerprint density at radius 2 is 1.88 bits per heavy atom. The second kappa shape index (κ2) is 6.05. The van der Waals surface area contributed by atoms with Crippen LogP contribution in [0.5, 0.6) is 0 Å². The second-order valence-electron chi connectivity index (χ2n) is 5.68. The van der Waals surface area contributed by atoms with Crippen molar-refractivity contribution in [2.24, 2.45) is 11.7 Å². The molecule has 0 aliphatic heterocycles. The second-order valence-corrected chi connectivity index (χ2v) is 5.68. The number of nitrogens with two attached hydrogens (primary N) is 1. The van der Waals surface area contributed by atoms with Crippen molar-refractivity contribution in [3.63, 3.8) is 0 Å². The van der Waals surface area contributed by atoms with E-state index in [1.165, 1.54) is 25.7 Å². The quantitative estimate of drug-likeness (QED) is 0.843. The molecule has 2 saturated carbocycles. The first kappa shape index (κ1) is 14.8. The summed E-state index contributed by atoms with van der Waals surface area (Å²) in [6, 6.07) is 0. The van der Waals surface area contributed by atoms with Gasteiger partial charge >= 0.3 is 0 Å². The van der Waals surface area contributed by atoms with Gasteiger partial charge in [-0.1, -0.05) is 32.1 Å². The topological polar surface area (TPSA) is 46.3 Å². The van der Waals surface area contributed by atoms with Crippen LogP contribution in [-0.2, 0) is 4.79 Å². The van der Waals surface area contributed by atoms with Crippen LogP contribution in [-0.4, -0.2) is 29.9 Å². The molecule has 1 amide bonds. The molecular formula is C13H25ClN2O. The van der Waals surface area contributed by atoms with E-state index in [0.29, 0.717) is 0 Å². The molecule has 0 bridgehead atoms. The maximum absolute atomic E-state index is 12.3. The third-order valence-electron chi connectivity index (χ3n) is 4.09. The van der Waals surface area contributed by atoms with Gasteiger partial charge in [-0.25, -0.2) is 0 Å². The number of likely N-dealkylation sites (N-methyl/N-ethyl adjacent to an activating group) is 1. The fourth-order valence-electron chi connectivity index (χ4n) is 2.66. The first-order valence-corrected chi connectivity index (χ1v) is 6.66. The number of halogens is 1. The molecule has 2 aliphatic carbocycles. The van der Waals surface area contributed by atoms with Crippen molar-refractivity contribution in [1.82, 2.24) is 4.90 Å². The van der Waals surface area contributed by atoms with E-state index < -0.39 is 5.54 Å². The molecule has 2 fully saturated rings. The minimum atomic E-state index is -0.545. The lowest BCUT2D eigenvalue weighted by molar-refractivity contribution is -0.137. The Hall–Kier alpha value is -0.280. The van der Waals surface area contributed by atoms with Crippen molar-refractivity contribution in [3.05, 3.63) is 0 Å². The van der Waals surface area contributed by atoms with Gasteiger partial charge in [-0.05, 0) is 25.2 Å². The Morgan fingerprint density at radius 3 is 2.41 bits per heavy atom.